The summed E-state index contributed by atoms with van der Waals surface area (Å²) < 4.78 is 10.3. The Balaban J connectivity index is 2.39. The van der Waals surface area contributed by atoms with Crippen LogP contribution in [0.15, 0.2) is 28.8 Å². The van der Waals surface area contributed by atoms with Crippen molar-refractivity contribution in [2.24, 2.45) is 0 Å². The summed E-state index contributed by atoms with van der Waals surface area (Å²) in [5, 5.41) is 3.71. The monoisotopic (exact) mass is 231 g/mol. The average molecular weight is 231 g/mol. The minimum Gasteiger partial charge on any atom is -0.496 e. The van der Waals surface area contributed by atoms with Crippen molar-refractivity contribution < 1.29 is 14.1 Å². The van der Waals surface area contributed by atoms with Gasteiger partial charge in [-0.25, -0.2) is 0 Å². The van der Waals surface area contributed by atoms with Gasteiger partial charge in [0.25, 0.3) is 0 Å². The summed E-state index contributed by atoms with van der Waals surface area (Å²) in [6.45, 7) is 3.41. The summed E-state index contributed by atoms with van der Waals surface area (Å²) in [6.07, 6.45) is 0. The van der Waals surface area contributed by atoms with Gasteiger partial charge in [0.15, 0.2) is 11.5 Å². The number of hydrogen-bond donors (Lipinski definition) is 0. The number of Topliss-reactive ketones (excluding diaryl/α,β-unsaturated/α-hetero) is 1. The number of nitrogens with zero attached hydrogens (tertiary/aromatic N) is 1. The Bertz CT molecular complexity index is 558. The second-order valence-corrected chi connectivity index (χ2v) is 3.82. The number of methoxy groups -OCH3 is 1. The van der Waals surface area contributed by atoms with Crippen LogP contribution in [0.4, 0.5) is 0 Å². The van der Waals surface area contributed by atoms with Crippen molar-refractivity contribution in [2.75, 3.05) is 7.11 Å². The number of ether oxygens (including phenoxy) is 1. The minimum absolute atomic E-state index is 0.106. The summed E-state index contributed by atoms with van der Waals surface area (Å²) >= 11 is 0. The number of aromatic nitrogens is 1. The first kappa shape index (κ1) is 11.4. The van der Waals surface area contributed by atoms with Gasteiger partial charge in [-0.05, 0) is 30.7 Å². The zero-order chi connectivity index (χ0) is 12.4. The molecule has 1 aromatic carbocycles. The van der Waals surface area contributed by atoms with Crippen LogP contribution in [0.5, 0.6) is 5.75 Å². The molecule has 0 radical (unpaired) electrons. The number of carbonyl (C=O) groups excluding carboxylic acids is 1. The van der Waals surface area contributed by atoms with Gasteiger partial charge < -0.3 is 9.26 Å². The van der Waals surface area contributed by atoms with Crippen molar-refractivity contribution in [3.8, 4) is 17.1 Å². The molecule has 0 atom stereocenters. The number of hydrogen-bond acceptors (Lipinski definition) is 4. The molecule has 17 heavy (non-hydrogen) atoms. The van der Waals surface area contributed by atoms with E-state index in [-0.39, 0.29) is 5.78 Å². The maximum atomic E-state index is 11.1. The van der Waals surface area contributed by atoms with Gasteiger partial charge in [-0.15, -0.1) is 0 Å². The van der Waals surface area contributed by atoms with Crippen LogP contribution in [0.25, 0.3) is 11.3 Å². The van der Waals surface area contributed by atoms with E-state index in [1.165, 1.54) is 6.92 Å². The third-order valence-electron chi connectivity index (χ3n) is 2.55. The predicted molar refractivity (Wildman–Crippen MR) is 63.2 cm³/mol. The van der Waals surface area contributed by atoms with E-state index < -0.39 is 0 Å². The van der Waals surface area contributed by atoms with Crippen LogP contribution in [-0.2, 0) is 0 Å². The Morgan fingerprint density at radius 1 is 1.35 bits per heavy atom. The van der Waals surface area contributed by atoms with Crippen molar-refractivity contribution in [3.05, 3.63) is 35.5 Å². The second-order valence-electron chi connectivity index (χ2n) is 3.82. The minimum atomic E-state index is -0.106. The van der Waals surface area contributed by atoms with Crippen molar-refractivity contribution in [3.63, 3.8) is 0 Å². The lowest BCUT2D eigenvalue weighted by Crippen LogP contribution is -1.89. The van der Waals surface area contributed by atoms with Crippen molar-refractivity contribution in [1.82, 2.24) is 5.16 Å². The molecule has 0 saturated heterocycles. The first-order valence-electron chi connectivity index (χ1n) is 5.24. The lowest BCUT2D eigenvalue weighted by atomic mass is 10.1. The Kier molecular flexibility index (Phi) is 2.95. The molecule has 0 unspecified atom stereocenters. The number of aryl methyl sites for hydroxylation is 1. The fourth-order valence-electron chi connectivity index (χ4n) is 1.61. The quantitative estimate of drug-likeness (QED) is 0.762. The number of ketones is 1. The van der Waals surface area contributed by atoms with Gasteiger partial charge in [-0.2, -0.15) is 0 Å². The van der Waals surface area contributed by atoms with Gasteiger partial charge in [0, 0.05) is 18.6 Å². The zero-order valence-corrected chi connectivity index (χ0v) is 9.98. The largest absolute Gasteiger partial charge is 0.496 e. The Hall–Kier alpha value is -2.10. The number of benzene rings is 1. The molecule has 2 rings (SSSR count). The fraction of sp³-hybridized carbons (Fsp3) is 0.231. The highest BCUT2D eigenvalue weighted by Crippen LogP contribution is 2.26. The molecule has 0 amide bonds. The summed E-state index contributed by atoms with van der Waals surface area (Å²) in [4.78, 5) is 11.1. The maximum Gasteiger partial charge on any atom is 0.181 e. The highest BCUT2D eigenvalue weighted by Gasteiger charge is 2.10. The molecule has 0 fully saturated rings. The van der Waals surface area contributed by atoms with Crippen LogP contribution >= 0.6 is 0 Å². The first-order chi connectivity index (χ1) is 8.11. The lowest BCUT2D eigenvalue weighted by molar-refractivity contribution is 0.100. The van der Waals surface area contributed by atoms with Crippen LogP contribution in [0.2, 0.25) is 0 Å². The smallest absolute Gasteiger partial charge is 0.181 e. The Morgan fingerprint density at radius 3 is 2.65 bits per heavy atom. The van der Waals surface area contributed by atoms with E-state index in [9.17, 15) is 4.79 Å². The predicted octanol–water partition coefficient (Wildman–Crippen LogP) is 2.86. The van der Waals surface area contributed by atoms with E-state index in [2.05, 4.69) is 5.16 Å². The van der Waals surface area contributed by atoms with Crippen LogP contribution in [0.1, 0.15) is 23.0 Å². The molecular formula is C13H13NO3. The number of rotatable bonds is 3. The van der Waals surface area contributed by atoms with Gasteiger partial charge in [-0.3, -0.25) is 4.79 Å². The molecule has 0 bridgehead atoms. The van der Waals surface area contributed by atoms with Crippen LogP contribution < -0.4 is 4.74 Å². The molecule has 0 aliphatic heterocycles. The van der Waals surface area contributed by atoms with Crippen LogP contribution in [0, 0.1) is 6.92 Å². The topological polar surface area (TPSA) is 52.3 Å². The van der Waals surface area contributed by atoms with E-state index >= 15 is 0 Å². The normalized spacial score (nSPS) is 10.3. The molecule has 4 nitrogen and oxygen atoms in total. The summed E-state index contributed by atoms with van der Waals surface area (Å²) in [6, 6.07) is 7.31. The molecule has 2 aromatic rings. The summed E-state index contributed by atoms with van der Waals surface area (Å²) in [5.74, 6) is 1.30. The van der Waals surface area contributed by atoms with Gasteiger partial charge in [0.1, 0.15) is 11.4 Å². The van der Waals surface area contributed by atoms with Gasteiger partial charge >= 0.3 is 0 Å². The molecule has 1 aromatic heterocycles. The molecule has 0 spiro atoms. The van der Waals surface area contributed by atoms with E-state index in [0.29, 0.717) is 11.5 Å². The number of carbonyl (C=O) groups is 1. The fourth-order valence-corrected chi connectivity index (χ4v) is 1.61. The van der Waals surface area contributed by atoms with Crippen LogP contribution in [0.3, 0.4) is 0 Å². The molecule has 0 aliphatic rings. The zero-order valence-electron chi connectivity index (χ0n) is 9.98. The lowest BCUT2D eigenvalue weighted by Gasteiger charge is -2.04. The Labute approximate surface area is 99.2 Å². The van der Waals surface area contributed by atoms with Crippen LogP contribution in [-0.4, -0.2) is 18.0 Å². The molecule has 0 N–H and O–H groups in total. The highest BCUT2D eigenvalue weighted by atomic mass is 16.5. The summed E-state index contributed by atoms with van der Waals surface area (Å²) in [7, 11) is 1.63. The molecule has 0 aliphatic carbocycles. The third-order valence-corrected chi connectivity index (χ3v) is 2.55. The van der Waals surface area contributed by atoms with Gasteiger partial charge in [0.2, 0.25) is 0 Å². The van der Waals surface area contributed by atoms with Crippen molar-refractivity contribution in [1.29, 1.82) is 0 Å². The first-order valence-corrected chi connectivity index (χ1v) is 5.24. The van der Waals surface area contributed by atoms with Gasteiger partial charge in [0.05, 0.1) is 7.11 Å². The SMILES string of the molecule is COc1ccc(-c2cc(C(C)=O)no2)cc1C. The molecular weight excluding hydrogens is 218 g/mol. The second kappa shape index (κ2) is 4.41. The Morgan fingerprint density at radius 2 is 2.12 bits per heavy atom. The molecule has 88 valence electrons. The molecule has 1 heterocycles. The maximum absolute atomic E-state index is 11.1. The average Bonchev–Trinajstić information content (AvgIpc) is 2.78. The van der Waals surface area contributed by atoms with E-state index in [1.807, 2.05) is 25.1 Å². The van der Waals surface area contributed by atoms with E-state index in [4.69, 9.17) is 9.26 Å². The molecule has 4 heteroatoms. The van der Waals surface area contributed by atoms with E-state index in [1.54, 1.807) is 13.2 Å². The van der Waals surface area contributed by atoms with Crippen molar-refractivity contribution >= 4 is 5.78 Å². The molecule has 0 saturated carbocycles. The third kappa shape index (κ3) is 2.20. The summed E-state index contributed by atoms with van der Waals surface area (Å²) in [5.41, 5.74) is 2.22. The van der Waals surface area contributed by atoms with Crippen molar-refractivity contribution in [2.45, 2.75) is 13.8 Å². The van der Waals surface area contributed by atoms with Gasteiger partial charge in [-0.1, -0.05) is 5.16 Å². The highest BCUT2D eigenvalue weighted by molar-refractivity contribution is 5.92. The standard InChI is InChI=1S/C13H13NO3/c1-8-6-10(4-5-12(8)16-3)13-7-11(9(2)15)14-17-13/h4-7H,1-3H3. The van der Waals surface area contributed by atoms with E-state index in [0.717, 1.165) is 16.9 Å².